The second-order valence-electron chi connectivity index (χ2n) is 6.27. The lowest BCUT2D eigenvalue weighted by molar-refractivity contribution is -0.385. The first kappa shape index (κ1) is 19.9. The van der Waals surface area contributed by atoms with Crippen molar-refractivity contribution in [2.45, 2.75) is 18.9 Å². The third kappa shape index (κ3) is 4.05. The van der Waals surface area contributed by atoms with Crippen LogP contribution in [-0.4, -0.2) is 70.4 Å². The molecule has 0 spiro atoms. The number of phenols is 1. The van der Waals surface area contributed by atoms with Crippen molar-refractivity contribution in [3.8, 4) is 5.75 Å². The molecule has 1 unspecified atom stereocenters. The van der Waals surface area contributed by atoms with Gasteiger partial charge < -0.3 is 20.2 Å². The lowest BCUT2D eigenvalue weighted by atomic mass is 10.0. The van der Waals surface area contributed by atoms with Gasteiger partial charge in [-0.1, -0.05) is 0 Å². The highest BCUT2D eigenvalue weighted by Gasteiger charge is 2.32. The molecule has 9 nitrogen and oxygen atoms in total. The Morgan fingerprint density at radius 2 is 2.12 bits per heavy atom. The molecule has 2 heterocycles. The van der Waals surface area contributed by atoms with Gasteiger partial charge in [0.05, 0.1) is 11.5 Å². The van der Waals surface area contributed by atoms with Crippen LogP contribution in [0.1, 0.15) is 23.2 Å². The number of nitro benzene ring substituents is 1. The van der Waals surface area contributed by atoms with Crippen molar-refractivity contribution >= 4 is 29.9 Å². The number of rotatable bonds is 3. The Balaban J connectivity index is 0.00000243. The number of carbonyl (C=O) groups excluding carboxylic acids is 2. The number of halogens is 1. The maximum atomic E-state index is 12.7. The third-order valence-electron chi connectivity index (χ3n) is 4.67. The zero-order valence-corrected chi connectivity index (χ0v) is 14.9. The van der Waals surface area contributed by atoms with E-state index in [2.05, 4.69) is 5.32 Å². The number of nitrogens with zero attached hydrogens (tertiary/aromatic N) is 3. The van der Waals surface area contributed by atoms with E-state index in [-0.39, 0.29) is 35.8 Å². The summed E-state index contributed by atoms with van der Waals surface area (Å²) in [4.78, 5) is 38.3. The van der Waals surface area contributed by atoms with E-state index in [4.69, 9.17) is 0 Å². The van der Waals surface area contributed by atoms with Crippen LogP contribution in [0.5, 0.6) is 5.75 Å². The van der Waals surface area contributed by atoms with Crippen LogP contribution in [0.3, 0.4) is 0 Å². The number of hydrogen-bond acceptors (Lipinski definition) is 6. The molecule has 26 heavy (non-hydrogen) atoms. The summed E-state index contributed by atoms with van der Waals surface area (Å²) >= 11 is 0. The standard InChI is InChI=1S/C16H20N4O5.ClH/c21-14-8-11(3-4-13(14)20(24)25)16(23)18-6-1-2-12(10-18)19-7-5-17-9-15(19)22;/h3-4,8,12,17,21H,1-2,5-7,9-10H2;1H. The molecule has 0 aliphatic carbocycles. The Morgan fingerprint density at radius 1 is 1.35 bits per heavy atom. The molecule has 0 radical (unpaired) electrons. The van der Waals surface area contributed by atoms with Gasteiger partial charge in [-0.2, -0.15) is 0 Å². The fourth-order valence-electron chi connectivity index (χ4n) is 3.39. The Kier molecular flexibility index (Phi) is 6.38. The fourth-order valence-corrected chi connectivity index (χ4v) is 3.39. The van der Waals surface area contributed by atoms with E-state index in [0.29, 0.717) is 26.2 Å². The Hall–Kier alpha value is -2.39. The average Bonchev–Trinajstić information content (AvgIpc) is 2.61. The summed E-state index contributed by atoms with van der Waals surface area (Å²) in [6.45, 7) is 2.69. The summed E-state index contributed by atoms with van der Waals surface area (Å²) in [5, 5.41) is 23.5. The number of piperazine rings is 1. The van der Waals surface area contributed by atoms with E-state index in [1.54, 1.807) is 4.90 Å². The summed E-state index contributed by atoms with van der Waals surface area (Å²) in [6, 6.07) is 3.59. The highest BCUT2D eigenvalue weighted by Crippen LogP contribution is 2.27. The molecule has 2 amide bonds. The van der Waals surface area contributed by atoms with Crippen LogP contribution in [-0.2, 0) is 4.79 Å². The van der Waals surface area contributed by atoms with Gasteiger partial charge in [0.2, 0.25) is 5.91 Å². The molecule has 1 aromatic carbocycles. The van der Waals surface area contributed by atoms with Gasteiger partial charge in [-0.05, 0) is 25.0 Å². The van der Waals surface area contributed by atoms with Crippen LogP contribution in [0.4, 0.5) is 5.69 Å². The van der Waals surface area contributed by atoms with Crippen LogP contribution in [0.2, 0.25) is 0 Å². The second-order valence-corrected chi connectivity index (χ2v) is 6.27. The fraction of sp³-hybridized carbons (Fsp3) is 0.500. The quantitative estimate of drug-likeness (QED) is 0.587. The molecule has 1 atom stereocenters. The highest BCUT2D eigenvalue weighted by atomic mass is 35.5. The predicted molar refractivity (Wildman–Crippen MR) is 95.5 cm³/mol. The molecule has 0 saturated carbocycles. The Bertz CT molecular complexity index is 714. The monoisotopic (exact) mass is 384 g/mol. The van der Waals surface area contributed by atoms with Crippen molar-refractivity contribution < 1.29 is 19.6 Å². The first-order valence-electron chi connectivity index (χ1n) is 8.24. The van der Waals surface area contributed by atoms with E-state index < -0.39 is 16.4 Å². The van der Waals surface area contributed by atoms with Gasteiger partial charge >= 0.3 is 5.69 Å². The van der Waals surface area contributed by atoms with E-state index in [0.717, 1.165) is 31.5 Å². The first-order chi connectivity index (χ1) is 12.0. The van der Waals surface area contributed by atoms with Gasteiger partial charge in [0.15, 0.2) is 5.75 Å². The van der Waals surface area contributed by atoms with Crippen molar-refractivity contribution in [3.05, 3.63) is 33.9 Å². The zero-order valence-electron chi connectivity index (χ0n) is 14.1. The van der Waals surface area contributed by atoms with Gasteiger partial charge in [0.1, 0.15) is 0 Å². The lowest BCUT2D eigenvalue weighted by Gasteiger charge is -2.41. The van der Waals surface area contributed by atoms with Gasteiger partial charge in [0, 0.05) is 43.9 Å². The van der Waals surface area contributed by atoms with Crippen molar-refractivity contribution in [1.82, 2.24) is 15.1 Å². The minimum absolute atomic E-state index is 0. The number of phenolic OH excluding ortho intramolecular Hbond substituents is 1. The number of piperidine rings is 1. The number of nitro groups is 1. The number of amides is 2. The molecule has 2 aliphatic rings. The topological polar surface area (TPSA) is 116 Å². The lowest BCUT2D eigenvalue weighted by Crippen LogP contribution is -2.57. The highest BCUT2D eigenvalue weighted by molar-refractivity contribution is 5.95. The van der Waals surface area contributed by atoms with Crippen LogP contribution in [0.25, 0.3) is 0 Å². The smallest absolute Gasteiger partial charge is 0.310 e. The first-order valence-corrected chi connectivity index (χ1v) is 8.24. The molecule has 1 aromatic rings. The number of aromatic hydroxyl groups is 1. The number of nitrogens with one attached hydrogen (secondary N) is 1. The van der Waals surface area contributed by atoms with Gasteiger partial charge in [-0.25, -0.2) is 0 Å². The van der Waals surface area contributed by atoms with Crippen molar-refractivity contribution in [2.24, 2.45) is 0 Å². The van der Waals surface area contributed by atoms with Crippen molar-refractivity contribution in [3.63, 3.8) is 0 Å². The summed E-state index contributed by atoms with van der Waals surface area (Å²) in [5.74, 6) is -0.780. The summed E-state index contributed by atoms with van der Waals surface area (Å²) < 4.78 is 0. The minimum Gasteiger partial charge on any atom is -0.502 e. The minimum atomic E-state index is -0.698. The molecule has 0 bridgehead atoms. The molecule has 2 N–H and O–H groups in total. The summed E-state index contributed by atoms with van der Waals surface area (Å²) in [5.41, 5.74) is -0.227. The van der Waals surface area contributed by atoms with Crippen LogP contribution in [0.15, 0.2) is 18.2 Å². The van der Waals surface area contributed by atoms with Crippen molar-refractivity contribution in [2.75, 3.05) is 32.7 Å². The summed E-state index contributed by atoms with van der Waals surface area (Å²) in [7, 11) is 0. The number of likely N-dealkylation sites (tertiary alicyclic amines) is 1. The molecule has 2 fully saturated rings. The number of carbonyl (C=O) groups is 2. The molecule has 10 heteroatoms. The molecule has 3 rings (SSSR count). The Labute approximate surface area is 156 Å². The summed E-state index contributed by atoms with van der Waals surface area (Å²) in [6.07, 6.45) is 1.63. The van der Waals surface area contributed by atoms with E-state index in [1.807, 2.05) is 4.90 Å². The third-order valence-corrected chi connectivity index (χ3v) is 4.67. The molecule has 0 aromatic heterocycles. The second kappa shape index (κ2) is 8.33. The molecular formula is C16H21ClN4O5. The molecule has 142 valence electrons. The van der Waals surface area contributed by atoms with E-state index >= 15 is 0 Å². The largest absolute Gasteiger partial charge is 0.502 e. The number of benzene rings is 1. The van der Waals surface area contributed by atoms with Gasteiger partial charge in [-0.3, -0.25) is 19.7 Å². The van der Waals surface area contributed by atoms with Crippen LogP contribution >= 0.6 is 12.4 Å². The molecule has 2 saturated heterocycles. The van der Waals surface area contributed by atoms with Crippen molar-refractivity contribution in [1.29, 1.82) is 0 Å². The van der Waals surface area contributed by atoms with E-state index in [1.165, 1.54) is 6.07 Å². The SMILES string of the molecule is Cl.O=C(c1ccc([N+](=O)[O-])c(O)c1)N1CCCC(N2CCNCC2=O)C1. The van der Waals surface area contributed by atoms with E-state index in [9.17, 15) is 24.8 Å². The molecule has 2 aliphatic heterocycles. The predicted octanol–water partition coefficient (Wildman–Crippen LogP) is 0.759. The van der Waals surface area contributed by atoms with Crippen LogP contribution in [0, 0.1) is 10.1 Å². The Morgan fingerprint density at radius 3 is 2.77 bits per heavy atom. The number of hydrogen-bond donors (Lipinski definition) is 2. The zero-order chi connectivity index (χ0) is 18.0. The average molecular weight is 385 g/mol. The van der Waals surface area contributed by atoms with Gasteiger partial charge in [-0.15, -0.1) is 12.4 Å². The van der Waals surface area contributed by atoms with Gasteiger partial charge in [0.25, 0.3) is 5.91 Å². The normalized spacial score (nSPS) is 20.5. The maximum absolute atomic E-state index is 12.7. The van der Waals surface area contributed by atoms with Crippen LogP contribution < -0.4 is 5.32 Å². The molecular weight excluding hydrogens is 364 g/mol. The maximum Gasteiger partial charge on any atom is 0.310 e.